The predicted molar refractivity (Wildman–Crippen MR) is 99.6 cm³/mol. The van der Waals surface area contributed by atoms with Crippen LogP contribution in [-0.2, 0) is 4.79 Å². The van der Waals surface area contributed by atoms with Gasteiger partial charge in [-0.2, -0.15) is 0 Å². The Morgan fingerprint density at radius 2 is 1.77 bits per heavy atom. The van der Waals surface area contributed by atoms with Crippen LogP contribution in [0.4, 0.5) is 0 Å². The summed E-state index contributed by atoms with van der Waals surface area (Å²) in [6.07, 6.45) is 0. The zero-order valence-corrected chi connectivity index (χ0v) is 15.3. The van der Waals surface area contributed by atoms with E-state index >= 15 is 0 Å². The van der Waals surface area contributed by atoms with Crippen LogP contribution in [0.25, 0.3) is 0 Å². The number of amides is 1. The number of para-hydroxylation sites is 1. The van der Waals surface area contributed by atoms with E-state index in [-0.39, 0.29) is 18.3 Å². The van der Waals surface area contributed by atoms with Crippen LogP contribution >= 0.6 is 0 Å². The molecule has 0 unspecified atom stereocenters. The van der Waals surface area contributed by atoms with Crippen molar-refractivity contribution in [1.82, 2.24) is 14.8 Å². The van der Waals surface area contributed by atoms with Gasteiger partial charge >= 0.3 is 0 Å². The fourth-order valence-corrected chi connectivity index (χ4v) is 3.21. The number of piperazine rings is 1. The van der Waals surface area contributed by atoms with Crippen LogP contribution in [0.2, 0.25) is 0 Å². The Hall–Kier alpha value is -2.60. The minimum absolute atomic E-state index is 0.0167. The van der Waals surface area contributed by atoms with Crippen molar-refractivity contribution in [3.63, 3.8) is 0 Å². The van der Waals surface area contributed by atoms with Gasteiger partial charge in [-0.15, -0.1) is 0 Å². The van der Waals surface area contributed by atoms with Gasteiger partial charge in [0.1, 0.15) is 5.75 Å². The predicted octanol–water partition coefficient (Wildman–Crippen LogP) is 2.04. The standard InChI is InChI=1S/C20H25N3O3/c1-15-12-18(16(2)21-15)19(24)13-22-8-10-23(11-9-22)20(25)14-26-17-6-4-3-5-7-17/h3-7,12,21H,8-11,13-14H2,1-2H3. The number of ketones is 1. The van der Waals surface area contributed by atoms with Gasteiger partial charge in [0.15, 0.2) is 12.4 Å². The van der Waals surface area contributed by atoms with Gasteiger partial charge in [0.05, 0.1) is 6.54 Å². The molecule has 0 atom stereocenters. The molecule has 1 aliphatic rings. The lowest BCUT2D eigenvalue weighted by atomic mass is 10.1. The molecular weight excluding hydrogens is 330 g/mol. The molecule has 138 valence electrons. The number of benzene rings is 1. The zero-order valence-electron chi connectivity index (χ0n) is 15.3. The van der Waals surface area contributed by atoms with E-state index in [1.807, 2.05) is 50.2 Å². The number of H-pyrrole nitrogens is 1. The van der Waals surface area contributed by atoms with E-state index < -0.39 is 0 Å². The topological polar surface area (TPSA) is 65.6 Å². The Labute approximate surface area is 153 Å². The molecule has 1 amide bonds. The third-order valence-electron chi connectivity index (χ3n) is 4.65. The number of nitrogens with zero attached hydrogens (tertiary/aromatic N) is 2. The molecule has 1 aromatic carbocycles. The molecular formula is C20H25N3O3. The van der Waals surface area contributed by atoms with Crippen LogP contribution in [0.1, 0.15) is 21.7 Å². The number of aryl methyl sites for hydroxylation is 2. The van der Waals surface area contributed by atoms with E-state index in [9.17, 15) is 9.59 Å². The molecule has 0 radical (unpaired) electrons. The molecule has 2 heterocycles. The Balaban J connectivity index is 1.44. The summed E-state index contributed by atoms with van der Waals surface area (Å²) in [6, 6.07) is 11.2. The van der Waals surface area contributed by atoms with E-state index in [1.165, 1.54) is 0 Å². The minimum Gasteiger partial charge on any atom is -0.484 e. The van der Waals surface area contributed by atoms with Crippen molar-refractivity contribution < 1.29 is 14.3 Å². The maximum atomic E-state index is 12.5. The Bertz CT molecular complexity index is 762. The molecule has 1 saturated heterocycles. The average Bonchev–Trinajstić information content (AvgIpc) is 2.99. The fourth-order valence-electron chi connectivity index (χ4n) is 3.21. The number of Topliss-reactive ketones (excluding diaryl/α,β-unsaturated/α-hetero) is 1. The largest absolute Gasteiger partial charge is 0.484 e. The maximum absolute atomic E-state index is 12.5. The molecule has 26 heavy (non-hydrogen) atoms. The second kappa shape index (κ2) is 8.19. The summed E-state index contributed by atoms with van der Waals surface area (Å²) in [5.41, 5.74) is 2.68. The van der Waals surface area contributed by atoms with Crippen molar-refractivity contribution in [2.24, 2.45) is 0 Å². The Kier molecular flexibility index (Phi) is 5.73. The molecule has 0 spiro atoms. The lowest BCUT2D eigenvalue weighted by molar-refractivity contribution is -0.135. The van der Waals surface area contributed by atoms with Gasteiger partial charge in [0.25, 0.3) is 5.91 Å². The summed E-state index contributed by atoms with van der Waals surface area (Å²) >= 11 is 0. The lowest BCUT2D eigenvalue weighted by Crippen LogP contribution is -2.51. The highest BCUT2D eigenvalue weighted by molar-refractivity contribution is 5.98. The van der Waals surface area contributed by atoms with Gasteiger partial charge in [0, 0.05) is 43.1 Å². The van der Waals surface area contributed by atoms with Gasteiger partial charge < -0.3 is 14.6 Å². The number of aromatic nitrogens is 1. The molecule has 2 aromatic rings. The average molecular weight is 355 g/mol. The van der Waals surface area contributed by atoms with Crippen LogP contribution in [0.5, 0.6) is 5.75 Å². The monoisotopic (exact) mass is 355 g/mol. The van der Waals surface area contributed by atoms with Crippen molar-refractivity contribution in [1.29, 1.82) is 0 Å². The van der Waals surface area contributed by atoms with Gasteiger partial charge in [-0.05, 0) is 32.0 Å². The van der Waals surface area contributed by atoms with Gasteiger partial charge in [-0.25, -0.2) is 0 Å². The van der Waals surface area contributed by atoms with Crippen molar-refractivity contribution in [2.75, 3.05) is 39.3 Å². The summed E-state index contributed by atoms with van der Waals surface area (Å²) < 4.78 is 5.52. The first-order valence-corrected chi connectivity index (χ1v) is 8.90. The second-order valence-corrected chi connectivity index (χ2v) is 6.67. The van der Waals surface area contributed by atoms with E-state index in [0.29, 0.717) is 38.5 Å². The number of ether oxygens (including phenoxy) is 1. The summed E-state index contributed by atoms with van der Waals surface area (Å²) in [5.74, 6) is 0.804. The molecule has 1 aliphatic heterocycles. The number of carbonyl (C=O) groups excluding carboxylic acids is 2. The van der Waals surface area contributed by atoms with Gasteiger partial charge in [-0.1, -0.05) is 18.2 Å². The zero-order chi connectivity index (χ0) is 18.5. The van der Waals surface area contributed by atoms with Crippen molar-refractivity contribution in [3.8, 4) is 5.75 Å². The highest BCUT2D eigenvalue weighted by atomic mass is 16.5. The van der Waals surface area contributed by atoms with E-state index in [0.717, 1.165) is 17.0 Å². The van der Waals surface area contributed by atoms with Crippen LogP contribution in [0, 0.1) is 13.8 Å². The summed E-state index contributed by atoms with van der Waals surface area (Å²) in [5, 5.41) is 0. The van der Waals surface area contributed by atoms with Crippen LogP contribution in [-0.4, -0.2) is 65.8 Å². The van der Waals surface area contributed by atoms with Crippen molar-refractivity contribution in [2.45, 2.75) is 13.8 Å². The van der Waals surface area contributed by atoms with E-state index in [1.54, 1.807) is 4.90 Å². The Morgan fingerprint density at radius 1 is 1.08 bits per heavy atom. The summed E-state index contributed by atoms with van der Waals surface area (Å²) in [4.78, 5) is 31.8. The van der Waals surface area contributed by atoms with E-state index in [4.69, 9.17) is 4.74 Å². The smallest absolute Gasteiger partial charge is 0.260 e. The number of nitrogens with one attached hydrogen (secondary N) is 1. The molecule has 1 aromatic heterocycles. The fraction of sp³-hybridized carbons (Fsp3) is 0.400. The number of hydrogen-bond acceptors (Lipinski definition) is 4. The normalized spacial score (nSPS) is 15.1. The first-order valence-electron chi connectivity index (χ1n) is 8.90. The molecule has 6 nitrogen and oxygen atoms in total. The molecule has 1 N–H and O–H groups in total. The first kappa shape index (κ1) is 18.2. The van der Waals surface area contributed by atoms with Gasteiger partial charge in [0.2, 0.25) is 0 Å². The molecule has 0 saturated carbocycles. The SMILES string of the molecule is Cc1cc(C(=O)CN2CCN(C(=O)COc3ccccc3)CC2)c(C)[nH]1. The van der Waals surface area contributed by atoms with Crippen LogP contribution < -0.4 is 4.74 Å². The number of carbonyl (C=O) groups is 2. The maximum Gasteiger partial charge on any atom is 0.260 e. The third kappa shape index (κ3) is 4.52. The molecule has 0 aliphatic carbocycles. The van der Waals surface area contributed by atoms with Crippen molar-refractivity contribution in [3.05, 3.63) is 53.3 Å². The van der Waals surface area contributed by atoms with Gasteiger partial charge in [-0.3, -0.25) is 14.5 Å². The lowest BCUT2D eigenvalue weighted by Gasteiger charge is -2.34. The quantitative estimate of drug-likeness (QED) is 0.806. The minimum atomic E-state index is -0.0167. The molecule has 6 heteroatoms. The summed E-state index contributed by atoms with van der Waals surface area (Å²) in [7, 11) is 0. The molecule has 3 rings (SSSR count). The van der Waals surface area contributed by atoms with Crippen LogP contribution in [0.3, 0.4) is 0 Å². The first-order chi connectivity index (χ1) is 12.5. The molecule has 1 fully saturated rings. The second-order valence-electron chi connectivity index (χ2n) is 6.67. The Morgan fingerprint density at radius 3 is 2.38 bits per heavy atom. The number of hydrogen-bond donors (Lipinski definition) is 1. The van der Waals surface area contributed by atoms with Crippen molar-refractivity contribution >= 4 is 11.7 Å². The van der Waals surface area contributed by atoms with E-state index in [2.05, 4.69) is 9.88 Å². The summed E-state index contributed by atoms with van der Waals surface area (Å²) in [6.45, 7) is 6.95. The highest BCUT2D eigenvalue weighted by Gasteiger charge is 2.23. The van der Waals surface area contributed by atoms with Crippen LogP contribution in [0.15, 0.2) is 36.4 Å². The number of aromatic amines is 1. The third-order valence-corrected chi connectivity index (χ3v) is 4.65. The molecule has 0 bridgehead atoms. The highest BCUT2D eigenvalue weighted by Crippen LogP contribution is 2.12. The number of rotatable bonds is 6.